The number of hydrogen-bond donors (Lipinski definition) is 0. The van der Waals surface area contributed by atoms with E-state index in [1.54, 1.807) is 5.06 Å². The molecule has 0 radical (unpaired) electrons. The molecule has 3 aromatic rings. The molecule has 3 aromatic carbocycles. The second kappa shape index (κ2) is 6.92. The van der Waals surface area contributed by atoms with Gasteiger partial charge in [-0.3, -0.25) is 0 Å². The number of halogens is 1. The van der Waals surface area contributed by atoms with E-state index in [0.29, 0.717) is 5.02 Å². The molecule has 2 saturated heterocycles. The zero-order chi connectivity index (χ0) is 21.9. The highest BCUT2D eigenvalue weighted by molar-refractivity contribution is 6.30. The summed E-state index contributed by atoms with van der Waals surface area (Å²) in [6, 6.07) is 27.3. The molecule has 158 valence electrons. The Hall–Kier alpha value is -2.66. The fourth-order valence-corrected chi connectivity index (χ4v) is 4.93. The fraction of sp³-hybridized carbons (Fsp3) is 0.269. The van der Waals surface area contributed by atoms with Crippen molar-refractivity contribution < 1.29 is 14.4 Å². The van der Waals surface area contributed by atoms with E-state index in [-0.39, 0.29) is 12.0 Å². The van der Waals surface area contributed by atoms with Crippen LogP contribution in [-0.2, 0) is 25.5 Å². The molecule has 0 bridgehead atoms. The Labute approximate surface area is 187 Å². The lowest BCUT2D eigenvalue weighted by molar-refractivity contribution is -0.259. The summed E-state index contributed by atoms with van der Waals surface area (Å²) in [5, 5.41) is 2.45. The van der Waals surface area contributed by atoms with Gasteiger partial charge in [0.1, 0.15) is 6.04 Å². The summed E-state index contributed by atoms with van der Waals surface area (Å²) >= 11 is 6.19. The Morgan fingerprint density at radius 1 is 0.903 bits per heavy atom. The van der Waals surface area contributed by atoms with Crippen molar-refractivity contribution in [3.05, 3.63) is 107 Å². The van der Waals surface area contributed by atoms with Crippen molar-refractivity contribution in [1.82, 2.24) is 5.06 Å². The zero-order valence-corrected chi connectivity index (χ0v) is 18.5. The average Bonchev–Trinajstić information content (AvgIpc) is 3.45. The Morgan fingerprint density at radius 3 is 2.10 bits per heavy atom. The van der Waals surface area contributed by atoms with E-state index in [0.717, 1.165) is 16.7 Å². The Balaban J connectivity index is 1.73. The number of carbonyl (C=O) groups is 1. The minimum Gasteiger partial charge on any atom is -0.364 e. The minimum atomic E-state index is -1.07. The summed E-state index contributed by atoms with van der Waals surface area (Å²) in [6.07, 6.45) is 0. The molecule has 0 spiro atoms. The van der Waals surface area contributed by atoms with Crippen molar-refractivity contribution in [2.75, 3.05) is 0 Å². The van der Waals surface area contributed by atoms with E-state index in [2.05, 4.69) is 13.8 Å². The van der Waals surface area contributed by atoms with Gasteiger partial charge in [-0.2, -0.15) is 0 Å². The number of ether oxygens (including phenoxy) is 1. The van der Waals surface area contributed by atoms with Crippen LogP contribution in [0.4, 0.5) is 0 Å². The summed E-state index contributed by atoms with van der Waals surface area (Å²) in [5.41, 5.74) is 0.396. The molecule has 4 nitrogen and oxygen atoms in total. The molecule has 0 amide bonds. The molecule has 0 unspecified atom stereocenters. The van der Waals surface area contributed by atoms with Crippen molar-refractivity contribution in [3.63, 3.8) is 0 Å². The number of nitrogens with zero attached hydrogens (tertiary/aromatic N) is 1. The molecule has 0 aliphatic carbocycles. The Bertz CT molecular complexity index is 1120. The zero-order valence-electron chi connectivity index (χ0n) is 17.7. The molecule has 5 rings (SSSR count). The number of benzene rings is 3. The van der Waals surface area contributed by atoms with Crippen LogP contribution < -0.4 is 0 Å². The van der Waals surface area contributed by atoms with Crippen LogP contribution >= 0.6 is 11.6 Å². The van der Waals surface area contributed by atoms with Gasteiger partial charge in [0.15, 0.2) is 5.60 Å². The van der Waals surface area contributed by atoms with Gasteiger partial charge >= 0.3 is 5.97 Å². The highest BCUT2D eigenvalue weighted by atomic mass is 35.5. The van der Waals surface area contributed by atoms with Gasteiger partial charge < -0.3 is 9.57 Å². The van der Waals surface area contributed by atoms with Crippen molar-refractivity contribution in [2.24, 2.45) is 0 Å². The second-order valence-corrected chi connectivity index (χ2v) is 9.26. The minimum absolute atomic E-state index is 0.370. The summed E-state index contributed by atoms with van der Waals surface area (Å²) < 4.78 is 6.36. The maximum absolute atomic E-state index is 13.2. The second-order valence-electron chi connectivity index (χ2n) is 8.82. The van der Waals surface area contributed by atoms with Crippen LogP contribution in [0.25, 0.3) is 0 Å². The molecule has 0 N–H and O–H groups in total. The molecular weight excluding hydrogens is 410 g/mol. The molecule has 31 heavy (non-hydrogen) atoms. The molecule has 5 heteroatoms. The van der Waals surface area contributed by atoms with Crippen LogP contribution in [-0.4, -0.2) is 16.6 Å². The highest BCUT2D eigenvalue weighted by Gasteiger charge is 2.81. The molecule has 2 heterocycles. The SMILES string of the molecule is CC(C)(c1ccccc1)N1OC(=O)[C@@]2(C)O[C@@]2(c2ccccc2)[C@@H]1c1ccc(Cl)cc1. The maximum atomic E-state index is 13.2. The fourth-order valence-electron chi connectivity index (χ4n) is 4.80. The number of carbonyl (C=O) groups excluding carboxylic acids is 1. The van der Waals surface area contributed by atoms with Crippen LogP contribution in [0.15, 0.2) is 84.9 Å². The van der Waals surface area contributed by atoms with E-state index in [4.69, 9.17) is 21.2 Å². The van der Waals surface area contributed by atoms with E-state index in [1.165, 1.54) is 0 Å². The molecule has 2 aliphatic heterocycles. The van der Waals surface area contributed by atoms with Crippen molar-refractivity contribution >= 4 is 17.6 Å². The lowest BCUT2D eigenvalue weighted by atomic mass is 9.75. The number of epoxide rings is 1. The first-order chi connectivity index (χ1) is 14.8. The van der Waals surface area contributed by atoms with Gasteiger partial charge in [-0.25, -0.2) is 4.79 Å². The van der Waals surface area contributed by atoms with Crippen molar-refractivity contribution in [3.8, 4) is 0 Å². The molecular formula is C26H24ClNO3. The van der Waals surface area contributed by atoms with Crippen LogP contribution in [0.3, 0.4) is 0 Å². The summed E-state index contributed by atoms with van der Waals surface area (Å²) in [6.45, 7) is 5.93. The smallest absolute Gasteiger partial charge is 0.360 e. The van der Waals surface area contributed by atoms with Gasteiger partial charge in [-0.05, 0) is 49.6 Å². The van der Waals surface area contributed by atoms with Gasteiger partial charge in [0.2, 0.25) is 5.60 Å². The van der Waals surface area contributed by atoms with E-state index in [9.17, 15) is 4.79 Å². The normalized spacial score (nSPS) is 28.0. The average molecular weight is 434 g/mol. The Kier molecular flexibility index (Phi) is 4.52. The summed E-state index contributed by atoms with van der Waals surface area (Å²) in [5.74, 6) is -0.384. The number of fused-ring (bicyclic) bond motifs is 1. The van der Waals surface area contributed by atoms with Gasteiger partial charge in [0.05, 0.1) is 5.54 Å². The molecule has 2 aliphatic rings. The lowest BCUT2D eigenvalue weighted by Crippen LogP contribution is -2.56. The third kappa shape index (κ3) is 2.86. The van der Waals surface area contributed by atoms with E-state index >= 15 is 0 Å². The lowest BCUT2D eigenvalue weighted by Gasteiger charge is -2.47. The first-order valence-corrected chi connectivity index (χ1v) is 10.8. The maximum Gasteiger partial charge on any atom is 0.360 e. The Morgan fingerprint density at radius 2 is 1.48 bits per heavy atom. The molecule has 2 fully saturated rings. The van der Waals surface area contributed by atoms with Crippen LogP contribution in [0, 0.1) is 0 Å². The molecule has 0 aromatic heterocycles. The van der Waals surface area contributed by atoms with Crippen LogP contribution in [0.1, 0.15) is 43.5 Å². The van der Waals surface area contributed by atoms with E-state index < -0.39 is 16.7 Å². The monoisotopic (exact) mass is 433 g/mol. The number of hydrogen-bond acceptors (Lipinski definition) is 4. The van der Waals surface area contributed by atoms with Gasteiger partial charge in [0.25, 0.3) is 0 Å². The number of hydroxylamine groups is 2. The van der Waals surface area contributed by atoms with Crippen molar-refractivity contribution in [2.45, 2.75) is 43.6 Å². The third-order valence-electron chi connectivity index (χ3n) is 6.64. The third-order valence-corrected chi connectivity index (χ3v) is 6.89. The van der Waals surface area contributed by atoms with E-state index in [1.807, 2.05) is 91.9 Å². The van der Waals surface area contributed by atoms with Crippen LogP contribution in [0.5, 0.6) is 0 Å². The molecule has 3 atom stereocenters. The van der Waals surface area contributed by atoms with Gasteiger partial charge in [0, 0.05) is 5.02 Å². The van der Waals surface area contributed by atoms with Gasteiger partial charge in [-0.1, -0.05) is 84.4 Å². The quantitative estimate of drug-likeness (QED) is 0.489. The predicted molar refractivity (Wildman–Crippen MR) is 119 cm³/mol. The topological polar surface area (TPSA) is 42.1 Å². The largest absolute Gasteiger partial charge is 0.364 e. The summed E-state index contributed by atoms with van der Waals surface area (Å²) in [7, 11) is 0. The number of rotatable bonds is 4. The summed E-state index contributed by atoms with van der Waals surface area (Å²) in [4.78, 5) is 19.3. The first-order valence-electron chi connectivity index (χ1n) is 10.4. The van der Waals surface area contributed by atoms with Gasteiger partial charge in [-0.15, -0.1) is 5.06 Å². The highest BCUT2D eigenvalue weighted by Crippen LogP contribution is 2.68. The standard InChI is InChI=1S/C26H24ClNO3/c1-24(2,19-10-6-4-7-11-19)28-22(18-14-16-21(27)17-15-18)26(20-12-8-5-9-13-20)25(3,31-26)23(29)30-28/h4-17,22H,1-3H3/t22-,25+,26-/m0/s1. The molecule has 0 saturated carbocycles. The predicted octanol–water partition coefficient (Wildman–Crippen LogP) is 5.77. The van der Waals surface area contributed by atoms with Crippen molar-refractivity contribution in [1.29, 1.82) is 0 Å². The first kappa shape index (κ1) is 20.3. The van der Waals surface area contributed by atoms with Crippen LogP contribution in [0.2, 0.25) is 5.02 Å².